The number of ether oxygens (including phenoxy) is 2. The Morgan fingerprint density at radius 1 is 0.625 bits per heavy atom. The van der Waals surface area contributed by atoms with E-state index in [0.717, 1.165) is 0 Å². The zero-order chi connectivity index (χ0) is 23.8. The van der Waals surface area contributed by atoms with Crippen molar-refractivity contribution in [3.05, 3.63) is 0 Å². The van der Waals surface area contributed by atoms with E-state index >= 15 is 0 Å². The maximum absolute atomic E-state index is 11.8. The Bertz CT molecular complexity index is 669. The maximum Gasteiger partial charge on any atom is 0.410 e. The molecule has 0 bridgehead atoms. The quantitative estimate of drug-likeness (QED) is 0.559. The molecule has 2 saturated heterocycles. The van der Waals surface area contributed by atoms with Crippen LogP contribution in [0.4, 0.5) is 9.59 Å². The van der Waals surface area contributed by atoms with Gasteiger partial charge in [0.25, 0.3) is 0 Å². The molecule has 0 unspecified atom stereocenters. The van der Waals surface area contributed by atoms with E-state index in [-0.39, 0.29) is 12.2 Å². The lowest BCUT2D eigenvalue weighted by Crippen LogP contribution is -2.36. The zero-order valence-corrected chi connectivity index (χ0v) is 20.3. The Balaban J connectivity index is 0.000000181. The summed E-state index contributed by atoms with van der Waals surface area (Å²) in [4.78, 5) is 49.5. The number of rotatable bonds is 0. The summed E-state index contributed by atoms with van der Waals surface area (Å²) < 4.78 is 10.6. The first kappa shape index (κ1) is 24.5. The molecule has 4 aliphatic rings. The Morgan fingerprint density at radius 3 is 1.09 bits per heavy atom. The first-order chi connectivity index (χ1) is 14.7. The molecular formula is C24H38N2O6. The molecule has 8 nitrogen and oxygen atoms in total. The molecule has 0 spiro atoms. The van der Waals surface area contributed by atoms with Crippen LogP contribution in [-0.2, 0) is 19.1 Å². The highest BCUT2D eigenvalue weighted by molar-refractivity contribution is 5.82. The zero-order valence-electron chi connectivity index (χ0n) is 20.3. The van der Waals surface area contributed by atoms with Crippen molar-refractivity contribution in [3.63, 3.8) is 0 Å². The molecule has 2 saturated carbocycles. The van der Waals surface area contributed by atoms with Crippen LogP contribution in [0.5, 0.6) is 0 Å². The molecule has 0 aromatic rings. The summed E-state index contributed by atoms with van der Waals surface area (Å²) in [6, 6.07) is 0. The normalized spacial score (nSPS) is 29.4. The third kappa shape index (κ3) is 6.45. The fourth-order valence-electron chi connectivity index (χ4n) is 5.09. The number of amides is 2. The highest BCUT2D eigenvalue weighted by atomic mass is 16.6. The fourth-order valence-corrected chi connectivity index (χ4v) is 5.09. The van der Waals surface area contributed by atoms with Crippen LogP contribution >= 0.6 is 0 Å². The number of ketones is 2. The molecule has 2 amide bonds. The van der Waals surface area contributed by atoms with E-state index in [2.05, 4.69) is 0 Å². The maximum atomic E-state index is 11.8. The topological polar surface area (TPSA) is 93.2 Å². The molecule has 0 N–H and O–H groups in total. The van der Waals surface area contributed by atoms with Crippen molar-refractivity contribution in [2.75, 3.05) is 26.2 Å². The number of nitrogens with zero attached hydrogens (tertiary/aromatic N) is 2. The van der Waals surface area contributed by atoms with Gasteiger partial charge in [0.05, 0.1) is 0 Å². The van der Waals surface area contributed by atoms with Gasteiger partial charge >= 0.3 is 12.2 Å². The van der Waals surface area contributed by atoms with Crippen LogP contribution in [-0.4, -0.2) is 70.9 Å². The van der Waals surface area contributed by atoms with Gasteiger partial charge in [-0.2, -0.15) is 0 Å². The van der Waals surface area contributed by atoms with Gasteiger partial charge in [-0.05, 0) is 65.2 Å². The third-order valence-corrected chi connectivity index (χ3v) is 6.42. The Labute approximate surface area is 191 Å². The van der Waals surface area contributed by atoms with Gasteiger partial charge in [0.2, 0.25) is 0 Å². The molecule has 4 atom stereocenters. The summed E-state index contributed by atoms with van der Waals surface area (Å²) >= 11 is 0. The average Bonchev–Trinajstić information content (AvgIpc) is 3.30. The van der Waals surface area contributed by atoms with E-state index < -0.39 is 11.2 Å². The van der Waals surface area contributed by atoms with Crippen molar-refractivity contribution >= 4 is 23.8 Å². The minimum atomic E-state index is -0.440. The number of carbonyl (C=O) groups excluding carboxylic acids is 4. The molecule has 4 rings (SSSR count). The van der Waals surface area contributed by atoms with Gasteiger partial charge in [-0.15, -0.1) is 0 Å². The lowest BCUT2D eigenvalue weighted by atomic mass is 10.0. The molecule has 2 aliphatic heterocycles. The van der Waals surface area contributed by atoms with Gasteiger partial charge in [-0.3, -0.25) is 9.59 Å². The van der Waals surface area contributed by atoms with Crippen LogP contribution in [0.25, 0.3) is 0 Å². The van der Waals surface area contributed by atoms with Gasteiger partial charge < -0.3 is 19.3 Å². The monoisotopic (exact) mass is 450 g/mol. The van der Waals surface area contributed by atoms with E-state index in [4.69, 9.17) is 9.47 Å². The van der Waals surface area contributed by atoms with E-state index in [1.807, 2.05) is 41.5 Å². The molecule has 32 heavy (non-hydrogen) atoms. The second-order valence-corrected chi connectivity index (χ2v) is 11.7. The SMILES string of the molecule is CC(C)(C)OC(=O)N1C[C@H]2CC(=O)C[C@H]2C1.CC(C)(C)OC(=O)N1C[C@H]2CC(=O)C[C@H]2C1. The molecular weight excluding hydrogens is 412 g/mol. The number of fused-ring (bicyclic) bond motifs is 2. The fraction of sp³-hybridized carbons (Fsp3) is 0.833. The van der Waals surface area contributed by atoms with Gasteiger partial charge in [0, 0.05) is 51.9 Å². The molecule has 0 radical (unpaired) electrons. The van der Waals surface area contributed by atoms with Crippen molar-refractivity contribution in [1.82, 2.24) is 9.80 Å². The van der Waals surface area contributed by atoms with Gasteiger partial charge in [-0.1, -0.05) is 0 Å². The largest absolute Gasteiger partial charge is 0.444 e. The summed E-state index contributed by atoms with van der Waals surface area (Å²) in [6.45, 7) is 13.9. The van der Waals surface area contributed by atoms with Gasteiger partial charge in [0.1, 0.15) is 22.8 Å². The van der Waals surface area contributed by atoms with Crippen molar-refractivity contribution in [1.29, 1.82) is 0 Å². The van der Waals surface area contributed by atoms with E-state index in [0.29, 0.717) is 87.1 Å². The first-order valence-electron chi connectivity index (χ1n) is 11.7. The first-order valence-corrected chi connectivity index (χ1v) is 11.7. The Hall–Kier alpha value is -2.12. The summed E-state index contributed by atoms with van der Waals surface area (Å²) in [7, 11) is 0. The standard InChI is InChI=1S/2C12H19NO3/c2*1-12(2,3)16-11(15)13-6-8-4-10(14)5-9(8)7-13/h2*8-9H,4-7H2,1-3H3/t2*8-,9+. The molecule has 8 heteroatoms. The van der Waals surface area contributed by atoms with Crippen LogP contribution in [0.2, 0.25) is 0 Å². The highest BCUT2D eigenvalue weighted by Gasteiger charge is 2.43. The molecule has 4 fully saturated rings. The van der Waals surface area contributed by atoms with Crippen LogP contribution < -0.4 is 0 Å². The lowest BCUT2D eigenvalue weighted by molar-refractivity contribution is -0.118. The van der Waals surface area contributed by atoms with Gasteiger partial charge in [-0.25, -0.2) is 9.59 Å². The molecule has 0 aromatic heterocycles. The molecule has 0 aromatic carbocycles. The van der Waals surface area contributed by atoms with Crippen molar-refractivity contribution in [2.45, 2.75) is 78.4 Å². The highest BCUT2D eigenvalue weighted by Crippen LogP contribution is 2.37. The van der Waals surface area contributed by atoms with Crippen LogP contribution in [0, 0.1) is 23.7 Å². The summed E-state index contributed by atoms with van der Waals surface area (Å²) in [5.41, 5.74) is -0.880. The van der Waals surface area contributed by atoms with Crippen LogP contribution in [0.1, 0.15) is 67.2 Å². The van der Waals surface area contributed by atoms with Crippen molar-refractivity contribution < 1.29 is 28.7 Å². The number of likely N-dealkylation sites (tertiary alicyclic amines) is 2. The predicted octanol–water partition coefficient (Wildman–Crippen LogP) is 3.66. The predicted molar refractivity (Wildman–Crippen MR) is 118 cm³/mol. The summed E-state index contributed by atoms with van der Waals surface area (Å²) in [6.07, 6.45) is 2.09. The van der Waals surface area contributed by atoms with Gasteiger partial charge in [0.15, 0.2) is 0 Å². The van der Waals surface area contributed by atoms with Crippen LogP contribution in [0.15, 0.2) is 0 Å². The number of hydrogen-bond acceptors (Lipinski definition) is 6. The molecule has 2 heterocycles. The van der Waals surface area contributed by atoms with E-state index in [1.54, 1.807) is 9.80 Å². The van der Waals surface area contributed by atoms with Crippen LogP contribution in [0.3, 0.4) is 0 Å². The number of Topliss-reactive ketones (excluding diaryl/α,β-unsaturated/α-hetero) is 2. The Morgan fingerprint density at radius 2 is 0.875 bits per heavy atom. The number of hydrogen-bond donors (Lipinski definition) is 0. The molecule has 180 valence electrons. The van der Waals surface area contributed by atoms with Crippen molar-refractivity contribution in [2.24, 2.45) is 23.7 Å². The third-order valence-electron chi connectivity index (χ3n) is 6.42. The summed E-state index contributed by atoms with van der Waals surface area (Å²) in [5, 5.41) is 0. The average molecular weight is 451 g/mol. The smallest absolute Gasteiger partial charge is 0.410 e. The lowest BCUT2D eigenvalue weighted by Gasteiger charge is -2.24. The second-order valence-electron chi connectivity index (χ2n) is 11.7. The summed E-state index contributed by atoms with van der Waals surface area (Å²) in [5.74, 6) is 2.19. The minimum absolute atomic E-state index is 0.241. The van der Waals surface area contributed by atoms with E-state index in [9.17, 15) is 19.2 Å². The Kier molecular flexibility index (Phi) is 6.91. The molecule has 2 aliphatic carbocycles. The van der Waals surface area contributed by atoms with E-state index in [1.165, 1.54) is 0 Å². The second kappa shape index (κ2) is 9.02. The minimum Gasteiger partial charge on any atom is -0.444 e. The number of carbonyl (C=O) groups is 4. The van der Waals surface area contributed by atoms with Crippen molar-refractivity contribution in [3.8, 4) is 0 Å².